The number of benzene rings is 1. The van der Waals surface area contributed by atoms with Crippen molar-refractivity contribution in [1.82, 2.24) is 0 Å². The minimum absolute atomic E-state index is 0.0130. The van der Waals surface area contributed by atoms with Crippen molar-refractivity contribution in [3.8, 4) is 0 Å². The van der Waals surface area contributed by atoms with E-state index >= 15 is 0 Å². The number of hydrogen-bond acceptors (Lipinski definition) is 0. The minimum Gasteiger partial charge on any atom is -0.149 e. The Hall–Kier alpha value is 0.0169. The predicted octanol–water partition coefficient (Wildman–Crippen LogP) is 3.98. The standard InChI is InChI=1S/C11H16Cl2Si/c1-3-9-11(2,14(12)13)10-7-5-4-6-8-10/h4-8,14H,3,9H2,1-2H3. The van der Waals surface area contributed by atoms with Gasteiger partial charge in [0.2, 0.25) is 7.42 Å². The zero-order chi connectivity index (χ0) is 10.6. The van der Waals surface area contributed by atoms with Crippen LogP contribution in [-0.2, 0) is 5.04 Å². The monoisotopic (exact) mass is 246 g/mol. The summed E-state index contributed by atoms with van der Waals surface area (Å²) in [5.74, 6) is 0. The summed E-state index contributed by atoms with van der Waals surface area (Å²) >= 11 is 12.4. The molecule has 0 fully saturated rings. The average molecular weight is 247 g/mol. The van der Waals surface area contributed by atoms with Crippen molar-refractivity contribution >= 4 is 29.6 Å². The maximum Gasteiger partial charge on any atom is 0.246 e. The van der Waals surface area contributed by atoms with Crippen molar-refractivity contribution < 1.29 is 0 Å². The van der Waals surface area contributed by atoms with E-state index in [9.17, 15) is 0 Å². The summed E-state index contributed by atoms with van der Waals surface area (Å²) in [6, 6.07) is 10.4. The minimum atomic E-state index is -1.70. The summed E-state index contributed by atoms with van der Waals surface area (Å²) < 4.78 is 0. The predicted molar refractivity (Wildman–Crippen MR) is 67.6 cm³/mol. The largest absolute Gasteiger partial charge is 0.246 e. The molecule has 0 aliphatic heterocycles. The van der Waals surface area contributed by atoms with Gasteiger partial charge in [-0.25, -0.2) is 0 Å². The Morgan fingerprint density at radius 3 is 2.21 bits per heavy atom. The zero-order valence-corrected chi connectivity index (χ0v) is 11.3. The summed E-state index contributed by atoms with van der Waals surface area (Å²) in [4.78, 5) is 0. The SMILES string of the molecule is CCCC(C)(c1ccccc1)[SiH](Cl)Cl. The Balaban J connectivity index is 2.99. The molecule has 78 valence electrons. The lowest BCUT2D eigenvalue weighted by molar-refractivity contribution is 0.590. The fourth-order valence-electron chi connectivity index (χ4n) is 1.72. The number of rotatable bonds is 4. The van der Waals surface area contributed by atoms with Crippen LogP contribution >= 0.6 is 22.2 Å². The van der Waals surface area contributed by atoms with Gasteiger partial charge in [-0.3, -0.25) is 0 Å². The summed E-state index contributed by atoms with van der Waals surface area (Å²) in [5, 5.41) is 0.0130. The molecule has 0 spiro atoms. The van der Waals surface area contributed by atoms with Gasteiger partial charge in [0.05, 0.1) is 0 Å². The molecule has 0 heterocycles. The molecule has 0 aliphatic rings. The third-order valence-corrected chi connectivity index (χ3v) is 7.16. The molecule has 1 aromatic rings. The van der Waals surface area contributed by atoms with Gasteiger partial charge >= 0.3 is 0 Å². The molecule has 1 aromatic carbocycles. The lowest BCUT2D eigenvalue weighted by Crippen LogP contribution is -2.33. The molecule has 1 atom stereocenters. The summed E-state index contributed by atoms with van der Waals surface area (Å²) in [5.41, 5.74) is 1.28. The Labute approximate surface area is 97.3 Å². The first-order valence-corrected chi connectivity index (χ1v) is 9.02. The molecule has 0 radical (unpaired) electrons. The van der Waals surface area contributed by atoms with Crippen LogP contribution in [-0.4, -0.2) is 7.42 Å². The van der Waals surface area contributed by atoms with E-state index in [1.54, 1.807) is 0 Å². The van der Waals surface area contributed by atoms with Crippen molar-refractivity contribution in [3.05, 3.63) is 35.9 Å². The van der Waals surface area contributed by atoms with Crippen LogP contribution in [0.15, 0.2) is 30.3 Å². The van der Waals surface area contributed by atoms with E-state index in [0.717, 1.165) is 12.8 Å². The molecule has 1 rings (SSSR count). The van der Waals surface area contributed by atoms with Crippen molar-refractivity contribution in [2.24, 2.45) is 0 Å². The Bertz CT molecular complexity index is 274. The van der Waals surface area contributed by atoms with Gasteiger partial charge < -0.3 is 0 Å². The van der Waals surface area contributed by atoms with Crippen molar-refractivity contribution in [2.45, 2.75) is 31.7 Å². The van der Waals surface area contributed by atoms with E-state index in [4.69, 9.17) is 22.2 Å². The number of halogens is 2. The molecule has 14 heavy (non-hydrogen) atoms. The molecule has 1 unspecified atom stereocenters. The second kappa shape index (κ2) is 5.20. The van der Waals surface area contributed by atoms with Crippen molar-refractivity contribution in [3.63, 3.8) is 0 Å². The van der Waals surface area contributed by atoms with Crippen LogP contribution < -0.4 is 0 Å². The number of hydrogen-bond donors (Lipinski definition) is 0. The molecule has 0 bridgehead atoms. The quantitative estimate of drug-likeness (QED) is 0.557. The Morgan fingerprint density at radius 2 is 1.79 bits per heavy atom. The van der Waals surface area contributed by atoms with Gasteiger partial charge in [-0.1, -0.05) is 50.6 Å². The van der Waals surface area contributed by atoms with Crippen molar-refractivity contribution in [2.75, 3.05) is 0 Å². The zero-order valence-electron chi connectivity index (χ0n) is 8.63. The van der Waals surface area contributed by atoms with Gasteiger partial charge in [-0.05, 0) is 12.0 Å². The third kappa shape index (κ3) is 2.53. The molecule has 0 N–H and O–H groups in total. The first-order valence-electron chi connectivity index (χ1n) is 4.95. The van der Waals surface area contributed by atoms with Gasteiger partial charge in [-0.2, -0.15) is 0 Å². The fourth-order valence-corrected chi connectivity index (χ4v) is 4.08. The molecule has 0 amide bonds. The molecule has 0 nitrogen and oxygen atoms in total. The van der Waals surface area contributed by atoms with Gasteiger partial charge in [-0.15, -0.1) is 22.2 Å². The van der Waals surface area contributed by atoms with Crippen LogP contribution in [0.25, 0.3) is 0 Å². The fraction of sp³-hybridized carbons (Fsp3) is 0.455. The van der Waals surface area contributed by atoms with Crippen LogP contribution in [0, 0.1) is 0 Å². The van der Waals surface area contributed by atoms with E-state index < -0.39 is 7.42 Å². The van der Waals surface area contributed by atoms with Crippen LogP contribution in [0.2, 0.25) is 0 Å². The maximum absolute atomic E-state index is 6.20. The normalized spacial score (nSPS) is 15.5. The smallest absolute Gasteiger partial charge is 0.149 e. The molecule has 0 saturated heterocycles. The van der Waals surface area contributed by atoms with Crippen LogP contribution in [0.1, 0.15) is 32.3 Å². The molecule has 3 heteroatoms. The Kier molecular flexibility index (Phi) is 4.49. The highest BCUT2D eigenvalue weighted by atomic mass is 35.7. The van der Waals surface area contributed by atoms with Crippen LogP contribution in [0.4, 0.5) is 0 Å². The Morgan fingerprint density at radius 1 is 1.21 bits per heavy atom. The highest BCUT2D eigenvalue weighted by molar-refractivity contribution is 7.34. The highest BCUT2D eigenvalue weighted by Gasteiger charge is 2.34. The van der Waals surface area contributed by atoms with Gasteiger partial charge in [0.15, 0.2) is 0 Å². The summed E-state index contributed by atoms with van der Waals surface area (Å²) in [6.45, 7) is 4.36. The molecular formula is C11H16Cl2Si. The maximum atomic E-state index is 6.20. The molecule has 0 aromatic heterocycles. The lowest BCUT2D eigenvalue weighted by atomic mass is 9.95. The lowest BCUT2D eigenvalue weighted by Gasteiger charge is -2.30. The van der Waals surface area contributed by atoms with E-state index in [0.29, 0.717) is 0 Å². The second-order valence-electron chi connectivity index (χ2n) is 3.83. The first-order chi connectivity index (χ1) is 6.61. The van der Waals surface area contributed by atoms with E-state index in [-0.39, 0.29) is 5.04 Å². The van der Waals surface area contributed by atoms with Crippen LogP contribution in [0.5, 0.6) is 0 Å². The molecular weight excluding hydrogens is 231 g/mol. The van der Waals surface area contributed by atoms with Gasteiger partial charge in [0.1, 0.15) is 0 Å². The first kappa shape index (κ1) is 12.1. The van der Waals surface area contributed by atoms with Gasteiger partial charge in [0, 0.05) is 5.04 Å². The summed E-state index contributed by atoms with van der Waals surface area (Å²) in [7, 11) is -1.70. The van der Waals surface area contributed by atoms with E-state index in [2.05, 4.69) is 26.0 Å². The van der Waals surface area contributed by atoms with Gasteiger partial charge in [0.25, 0.3) is 0 Å². The highest BCUT2D eigenvalue weighted by Crippen LogP contribution is 2.34. The second-order valence-corrected chi connectivity index (χ2v) is 9.00. The van der Waals surface area contributed by atoms with E-state index in [1.165, 1.54) is 5.56 Å². The average Bonchev–Trinajstić information content (AvgIpc) is 2.19. The third-order valence-electron chi connectivity index (χ3n) is 2.68. The van der Waals surface area contributed by atoms with Crippen molar-refractivity contribution in [1.29, 1.82) is 0 Å². The van der Waals surface area contributed by atoms with E-state index in [1.807, 2.05) is 18.2 Å². The van der Waals surface area contributed by atoms with Crippen LogP contribution in [0.3, 0.4) is 0 Å². The molecule has 0 saturated carbocycles. The molecule has 0 aliphatic carbocycles. The topological polar surface area (TPSA) is 0 Å². The summed E-state index contributed by atoms with van der Waals surface area (Å²) in [6.07, 6.45) is 2.19.